The molecule has 134 valence electrons. The maximum atomic E-state index is 12.7. The molecule has 0 spiro atoms. The molecule has 1 aliphatic rings. The first-order valence-corrected chi connectivity index (χ1v) is 9.34. The lowest BCUT2D eigenvalue weighted by molar-refractivity contribution is -0.132. The summed E-state index contributed by atoms with van der Waals surface area (Å²) in [6.45, 7) is 3.67. The van der Waals surface area contributed by atoms with E-state index in [-0.39, 0.29) is 11.8 Å². The van der Waals surface area contributed by atoms with Crippen molar-refractivity contribution in [1.29, 1.82) is 0 Å². The Morgan fingerprint density at radius 2 is 2.12 bits per heavy atom. The standard InChI is InChI=1S/C21H24N4O/c1-16-6-4-7-17(14-16)10-11-20(26)24-12-5-8-18(15-24)21-23-22-19-9-2-3-13-25(19)21/h2-4,6-7,9,13-14,18H,5,8,10-12,15H2,1H3. The molecule has 1 saturated heterocycles. The highest BCUT2D eigenvalue weighted by Crippen LogP contribution is 2.26. The summed E-state index contributed by atoms with van der Waals surface area (Å²) in [4.78, 5) is 14.7. The van der Waals surface area contributed by atoms with Gasteiger partial charge in [0.15, 0.2) is 5.65 Å². The van der Waals surface area contributed by atoms with Gasteiger partial charge in [-0.05, 0) is 43.9 Å². The fourth-order valence-corrected chi connectivity index (χ4v) is 3.83. The number of aromatic nitrogens is 3. The molecule has 3 heterocycles. The lowest BCUT2D eigenvalue weighted by Crippen LogP contribution is -2.39. The van der Waals surface area contributed by atoms with Crippen LogP contribution in [0.3, 0.4) is 0 Å². The normalized spacial score (nSPS) is 17.6. The number of hydrogen-bond donors (Lipinski definition) is 0. The third-order valence-electron chi connectivity index (χ3n) is 5.19. The molecule has 1 amide bonds. The first-order chi connectivity index (χ1) is 12.7. The van der Waals surface area contributed by atoms with Gasteiger partial charge in [0.25, 0.3) is 0 Å². The fraction of sp³-hybridized carbons (Fsp3) is 0.381. The van der Waals surface area contributed by atoms with Crippen molar-refractivity contribution in [2.75, 3.05) is 13.1 Å². The van der Waals surface area contributed by atoms with Crippen LogP contribution >= 0.6 is 0 Å². The lowest BCUT2D eigenvalue weighted by atomic mass is 9.96. The Balaban J connectivity index is 1.42. The Kier molecular flexibility index (Phi) is 4.69. The summed E-state index contributed by atoms with van der Waals surface area (Å²) in [6.07, 6.45) is 5.44. The van der Waals surface area contributed by atoms with Crippen molar-refractivity contribution in [3.05, 3.63) is 65.6 Å². The van der Waals surface area contributed by atoms with Crippen LogP contribution < -0.4 is 0 Å². The van der Waals surface area contributed by atoms with Gasteiger partial charge < -0.3 is 4.90 Å². The zero-order valence-electron chi connectivity index (χ0n) is 15.1. The molecule has 0 bridgehead atoms. The number of amides is 1. The molecule has 26 heavy (non-hydrogen) atoms. The highest BCUT2D eigenvalue weighted by molar-refractivity contribution is 5.76. The topological polar surface area (TPSA) is 50.5 Å². The third-order valence-corrected chi connectivity index (χ3v) is 5.19. The number of aryl methyl sites for hydroxylation is 2. The number of carbonyl (C=O) groups is 1. The van der Waals surface area contributed by atoms with E-state index in [2.05, 4.69) is 41.4 Å². The van der Waals surface area contributed by atoms with E-state index in [0.29, 0.717) is 6.42 Å². The molecule has 0 saturated carbocycles. The molecular formula is C21H24N4O. The minimum atomic E-state index is 0.241. The number of likely N-dealkylation sites (tertiary alicyclic amines) is 1. The van der Waals surface area contributed by atoms with Crippen LogP contribution in [0, 0.1) is 6.92 Å². The summed E-state index contributed by atoms with van der Waals surface area (Å²) in [5.41, 5.74) is 3.34. The summed E-state index contributed by atoms with van der Waals surface area (Å²) in [6, 6.07) is 14.3. The van der Waals surface area contributed by atoms with Crippen LogP contribution in [0.2, 0.25) is 0 Å². The average Bonchev–Trinajstić information content (AvgIpc) is 3.10. The maximum Gasteiger partial charge on any atom is 0.222 e. The smallest absolute Gasteiger partial charge is 0.222 e. The van der Waals surface area contributed by atoms with Gasteiger partial charge >= 0.3 is 0 Å². The Bertz CT molecular complexity index is 917. The first-order valence-electron chi connectivity index (χ1n) is 9.34. The van der Waals surface area contributed by atoms with Gasteiger partial charge in [-0.1, -0.05) is 35.9 Å². The van der Waals surface area contributed by atoms with E-state index in [4.69, 9.17) is 0 Å². The Labute approximate surface area is 153 Å². The monoisotopic (exact) mass is 348 g/mol. The van der Waals surface area contributed by atoms with Gasteiger partial charge in [0, 0.05) is 31.6 Å². The zero-order valence-corrected chi connectivity index (χ0v) is 15.1. The zero-order chi connectivity index (χ0) is 17.9. The summed E-state index contributed by atoms with van der Waals surface area (Å²) in [7, 11) is 0. The molecule has 3 aromatic rings. The second kappa shape index (κ2) is 7.28. The number of carbonyl (C=O) groups excluding carboxylic acids is 1. The minimum Gasteiger partial charge on any atom is -0.342 e. The van der Waals surface area contributed by atoms with Gasteiger partial charge in [-0.25, -0.2) is 0 Å². The molecule has 5 nitrogen and oxygen atoms in total. The van der Waals surface area contributed by atoms with Crippen LogP contribution in [0.15, 0.2) is 48.7 Å². The molecule has 1 fully saturated rings. The van der Waals surface area contributed by atoms with Gasteiger partial charge in [-0.2, -0.15) is 0 Å². The van der Waals surface area contributed by atoms with Gasteiger partial charge in [0.1, 0.15) is 5.82 Å². The van der Waals surface area contributed by atoms with Crippen LogP contribution in [0.25, 0.3) is 5.65 Å². The number of fused-ring (bicyclic) bond motifs is 1. The summed E-state index contributed by atoms with van der Waals surface area (Å²) in [5, 5.41) is 8.65. The number of piperidine rings is 1. The van der Waals surface area contributed by atoms with Crippen molar-refractivity contribution >= 4 is 11.6 Å². The lowest BCUT2D eigenvalue weighted by Gasteiger charge is -2.32. The van der Waals surface area contributed by atoms with E-state index in [9.17, 15) is 4.79 Å². The number of benzene rings is 1. The quantitative estimate of drug-likeness (QED) is 0.726. The number of pyridine rings is 1. The van der Waals surface area contributed by atoms with Gasteiger partial charge in [0.2, 0.25) is 5.91 Å². The molecule has 4 rings (SSSR count). The van der Waals surface area contributed by atoms with E-state index in [0.717, 1.165) is 43.8 Å². The predicted octanol–water partition coefficient (Wildman–Crippen LogP) is 3.38. The number of rotatable bonds is 4. The van der Waals surface area contributed by atoms with Gasteiger partial charge in [-0.3, -0.25) is 9.20 Å². The Morgan fingerprint density at radius 3 is 3.00 bits per heavy atom. The third kappa shape index (κ3) is 3.47. The highest BCUT2D eigenvalue weighted by Gasteiger charge is 2.27. The average molecular weight is 348 g/mol. The van der Waals surface area contributed by atoms with Crippen molar-refractivity contribution in [3.8, 4) is 0 Å². The largest absolute Gasteiger partial charge is 0.342 e. The number of nitrogens with zero attached hydrogens (tertiary/aromatic N) is 4. The Hall–Kier alpha value is -2.69. The van der Waals surface area contributed by atoms with Crippen LogP contribution in [0.5, 0.6) is 0 Å². The van der Waals surface area contributed by atoms with Crippen LogP contribution in [0.1, 0.15) is 42.1 Å². The molecule has 1 aliphatic heterocycles. The fourth-order valence-electron chi connectivity index (χ4n) is 3.83. The van der Waals surface area contributed by atoms with E-state index in [1.165, 1.54) is 11.1 Å². The molecule has 1 aromatic carbocycles. The van der Waals surface area contributed by atoms with Crippen LogP contribution in [-0.4, -0.2) is 38.5 Å². The van der Waals surface area contributed by atoms with Crippen LogP contribution in [0.4, 0.5) is 0 Å². The summed E-state index contributed by atoms with van der Waals surface area (Å²) < 4.78 is 2.05. The molecule has 0 aliphatic carbocycles. The Morgan fingerprint density at radius 1 is 1.19 bits per heavy atom. The maximum absolute atomic E-state index is 12.7. The summed E-state index contributed by atoms with van der Waals surface area (Å²) >= 11 is 0. The van der Waals surface area contributed by atoms with E-state index < -0.39 is 0 Å². The molecule has 0 N–H and O–H groups in total. The van der Waals surface area contributed by atoms with Crippen LogP contribution in [-0.2, 0) is 11.2 Å². The number of hydrogen-bond acceptors (Lipinski definition) is 3. The second-order valence-electron chi connectivity index (χ2n) is 7.15. The molecule has 1 unspecified atom stereocenters. The SMILES string of the molecule is Cc1cccc(CCC(=O)N2CCCC(c3nnc4ccccn34)C2)c1. The molecule has 1 atom stereocenters. The van der Waals surface area contributed by atoms with Gasteiger partial charge in [-0.15, -0.1) is 10.2 Å². The molecule has 5 heteroatoms. The second-order valence-corrected chi connectivity index (χ2v) is 7.15. The van der Waals surface area contributed by atoms with Crippen molar-refractivity contribution in [3.63, 3.8) is 0 Å². The predicted molar refractivity (Wildman–Crippen MR) is 101 cm³/mol. The van der Waals surface area contributed by atoms with Gasteiger partial charge in [0.05, 0.1) is 0 Å². The highest BCUT2D eigenvalue weighted by atomic mass is 16.2. The van der Waals surface area contributed by atoms with Crippen molar-refractivity contribution in [2.45, 2.75) is 38.5 Å². The van der Waals surface area contributed by atoms with Crippen molar-refractivity contribution < 1.29 is 4.79 Å². The van der Waals surface area contributed by atoms with Crippen molar-refractivity contribution in [1.82, 2.24) is 19.5 Å². The van der Waals surface area contributed by atoms with Crippen molar-refractivity contribution in [2.24, 2.45) is 0 Å². The van der Waals surface area contributed by atoms with E-state index in [1.807, 2.05) is 33.7 Å². The first kappa shape index (κ1) is 16.8. The molecular weight excluding hydrogens is 324 g/mol. The molecule has 2 aromatic heterocycles. The summed E-state index contributed by atoms with van der Waals surface area (Å²) in [5.74, 6) is 1.46. The minimum absolute atomic E-state index is 0.241. The van der Waals surface area contributed by atoms with E-state index >= 15 is 0 Å². The van der Waals surface area contributed by atoms with E-state index in [1.54, 1.807) is 0 Å². The molecule has 0 radical (unpaired) electrons.